The highest BCUT2D eigenvalue weighted by atomic mass is 32.2. The van der Waals surface area contributed by atoms with Gasteiger partial charge in [0.2, 0.25) is 0 Å². The third kappa shape index (κ3) is 5.97. The summed E-state index contributed by atoms with van der Waals surface area (Å²) in [5.41, 5.74) is -3.28. The van der Waals surface area contributed by atoms with E-state index in [2.05, 4.69) is 27.3 Å². The Bertz CT molecular complexity index is 762. The van der Waals surface area contributed by atoms with Crippen molar-refractivity contribution in [1.29, 1.82) is 0 Å². The van der Waals surface area contributed by atoms with Crippen LogP contribution in [0.25, 0.3) is 0 Å². The number of aromatic nitrogens is 1. The highest BCUT2D eigenvalue weighted by Gasteiger charge is 2.32. The first-order valence-electron chi connectivity index (χ1n) is 8.68. The maximum Gasteiger partial charge on any atom is 0.447 e. The lowest BCUT2D eigenvalue weighted by atomic mass is 10.0. The maximum atomic E-state index is 12.7. The van der Waals surface area contributed by atoms with E-state index in [1.165, 1.54) is 23.9 Å². The number of nitrogens with one attached hydrogen (secondary N) is 1. The molecule has 1 aromatic carbocycles. The van der Waals surface area contributed by atoms with Crippen molar-refractivity contribution in [3.8, 4) is 0 Å². The van der Waals surface area contributed by atoms with E-state index < -0.39 is 11.4 Å². The van der Waals surface area contributed by atoms with Crippen molar-refractivity contribution in [1.82, 2.24) is 15.2 Å². The number of carbonyl (C=O) groups is 1. The smallest absolute Gasteiger partial charge is 0.349 e. The normalized spacial score (nSPS) is 16.3. The molecule has 144 valence electrons. The van der Waals surface area contributed by atoms with Crippen LogP contribution < -0.4 is 5.32 Å². The van der Waals surface area contributed by atoms with Gasteiger partial charge >= 0.3 is 5.51 Å². The van der Waals surface area contributed by atoms with Gasteiger partial charge < -0.3 is 5.32 Å². The largest absolute Gasteiger partial charge is 0.447 e. The van der Waals surface area contributed by atoms with Gasteiger partial charge in [-0.1, -0.05) is 30.3 Å². The van der Waals surface area contributed by atoms with E-state index in [9.17, 15) is 18.0 Å². The monoisotopic (exact) mass is 395 g/mol. The van der Waals surface area contributed by atoms with E-state index in [-0.39, 0.29) is 28.4 Å². The molecular weight excluding hydrogens is 375 g/mol. The molecule has 2 aromatic rings. The fraction of sp³-hybridized carbons (Fsp3) is 0.368. The number of halogens is 3. The minimum Gasteiger partial charge on any atom is -0.349 e. The van der Waals surface area contributed by atoms with Crippen LogP contribution in [-0.4, -0.2) is 40.4 Å². The van der Waals surface area contributed by atoms with Crippen molar-refractivity contribution in [3.05, 3.63) is 59.8 Å². The lowest BCUT2D eigenvalue weighted by Gasteiger charge is -2.32. The number of amides is 1. The Balaban J connectivity index is 1.54. The Hall–Kier alpha value is -2.06. The molecule has 27 heavy (non-hydrogen) atoms. The summed E-state index contributed by atoms with van der Waals surface area (Å²) in [5, 5.41) is 2.54. The van der Waals surface area contributed by atoms with Crippen LogP contribution in [0, 0.1) is 0 Å². The molecule has 0 unspecified atom stereocenters. The number of benzene rings is 1. The number of likely N-dealkylation sites (tertiary alicyclic amines) is 1. The molecule has 0 spiro atoms. The van der Waals surface area contributed by atoms with E-state index in [1.54, 1.807) is 0 Å². The fourth-order valence-electron chi connectivity index (χ4n) is 3.09. The van der Waals surface area contributed by atoms with Crippen molar-refractivity contribution < 1.29 is 18.0 Å². The van der Waals surface area contributed by atoms with E-state index in [0.717, 1.165) is 32.5 Å². The number of alkyl halides is 3. The SMILES string of the molecule is O=C(NC1CCN(Cc2ccccc2)CC1)c1cccnc1SC(F)(F)F. The lowest BCUT2D eigenvalue weighted by Crippen LogP contribution is -2.44. The Morgan fingerprint density at radius 2 is 1.85 bits per heavy atom. The predicted molar refractivity (Wildman–Crippen MR) is 98.4 cm³/mol. The van der Waals surface area contributed by atoms with Crippen molar-refractivity contribution in [3.63, 3.8) is 0 Å². The second-order valence-corrected chi connectivity index (χ2v) is 7.47. The van der Waals surface area contributed by atoms with Crippen LogP contribution in [0.1, 0.15) is 28.8 Å². The zero-order valence-electron chi connectivity index (χ0n) is 14.6. The van der Waals surface area contributed by atoms with E-state index in [1.807, 2.05) is 18.2 Å². The second kappa shape index (κ2) is 8.75. The summed E-state index contributed by atoms with van der Waals surface area (Å²) in [6.07, 6.45) is 2.79. The summed E-state index contributed by atoms with van der Waals surface area (Å²) < 4.78 is 38.0. The van der Waals surface area contributed by atoms with Gasteiger partial charge in [0.25, 0.3) is 5.91 Å². The number of nitrogens with zero attached hydrogens (tertiary/aromatic N) is 2. The van der Waals surface area contributed by atoms with E-state index >= 15 is 0 Å². The van der Waals surface area contributed by atoms with E-state index in [0.29, 0.717) is 0 Å². The quantitative estimate of drug-likeness (QED) is 0.775. The lowest BCUT2D eigenvalue weighted by molar-refractivity contribution is -0.0329. The maximum absolute atomic E-state index is 12.7. The number of pyridine rings is 1. The topological polar surface area (TPSA) is 45.2 Å². The number of carbonyl (C=O) groups excluding carboxylic acids is 1. The summed E-state index contributed by atoms with van der Waals surface area (Å²) in [7, 11) is 0. The van der Waals surface area contributed by atoms with Gasteiger partial charge in [-0.3, -0.25) is 9.69 Å². The number of piperidine rings is 1. The molecule has 0 atom stereocenters. The standard InChI is InChI=1S/C19H20F3N3OS/c20-19(21,22)27-18-16(7-4-10-23-18)17(26)24-15-8-11-25(12-9-15)13-14-5-2-1-3-6-14/h1-7,10,15H,8-9,11-13H2,(H,24,26). The molecule has 1 aromatic heterocycles. The zero-order valence-corrected chi connectivity index (χ0v) is 15.4. The summed E-state index contributed by atoms with van der Waals surface area (Å²) >= 11 is -0.361. The van der Waals surface area contributed by atoms with E-state index in [4.69, 9.17) is 0 Å². The van der Waals surface area contributed by atoms with Gasteiger partial charge in [-0.25, -0.2) is 4.98 Å². The first-order chi connectivity index (χ1) is 12.9. The van der Waals surface area contributed by atoms with Crippen LogP contribution in [0.3, 0.4) is 0 Å². The molecule has 0 saturated carbocycles. The number of hydrogen-bond donors (Lipinski definition) is 1. The average Bonchev–Trinajstić information content (AvgIpc) is 2.63. The van der Waals surface area contributed by atoms with Crippen LogP contribution in [0.15, 0.2) is 53.7 Å². The van der Waals surface area contributed by atoms with Crippen LogP contribution in [0.5, 0.6) is 0 Å². The first kappa shape index (κ1) is 19.7. The number of rotatable bonds is 5. The summed E-state index contributed by atoms with van der Waals surface area (Å²) in [6, 6.07) is 13.0. The molecule has 4 nitrogen and oxygen atoms in total. The van der Waals surface area contributed by atoms with Crippen molar-refractivity contribution in [2.45, 2.75) is 36.0 Å². The number of hydrogen-bond acceptors (Lipinski definition) is 4. The van der Waals surface area contributed by atoms with Gasteiger partial charge in [0.1, 0.15) is 5.03 Å². The Labute approximate surface area is 160 Å². The Morgan fingerprint density at radius 1 is 1.15 bits per heavy atom. The molecule has 1 aliphatic rings. The Morgan fingerprint density at radius 3 is 2.52 bits per heavy atom. The minimum atomic E-state index is -4.48. The van der Waals surface area contributed by atoms with Crippen LogP contribution in [0.2, 0.25) is 0 Å². The molecule has 1 N–H and O–H groups in total. The zero-order chi connectivity index (χ0) is 19.3. The molecule has 2 heterocycles. The third-order valence-corrected chi connectivity index (χ3v) is 5.15. The minimum absolute atomic E-state index is 0.0356. The molecule has 1 fully saturated rings. The second-order valence-electron chi connectivity index (χ2n) is 6.41. The molecule has 0 radical (unpaired) electrons. The van der Waals surface area contributed by atoms with Crippen molar-refractivity contribution in [2.75, 3.05) is 13.1 Å². The molecule has 1 saturated heterocycles. The molecule has 0 bridgehead atoms. The van der Waals surface area contributed by atoms with Crippen LogP contribution in [0.4, 0.5) is 13.2 Å². The molecular formula is C19H20F3N3OS. The van der Waals surface area contributed by atoms with Crippen molar-refractivity contribution >= 4 is 17.7 Å². The van der Waals surface area contributed by atoms with Gasteiger partial charge in [-0.05, 0) is 30.5 Å². The summed E-state index contributed by atoms with van der Waals surface area (Å²) in [6.45, 7) is 2.52. The number of thioether (sulfide) groups is 1. The third-order valence-electron chi connectivity index (χ3n) is 4.40. The summed E-state index contributed by atoms with van der Waals surface area (Å²) in [5.74, 6) is -0.503. The van der Waals surface area contributed by atoms with Gasteiger partial charge in [-0.15, -0.1) is 0 Å². The van der Waals surface area contributed by atoms with Crippen molar-refractivity contribution in [2.24, 2.45) is 0 Å². The highest BCUT2D eigenvalue weighted by Crippen LogP contribution is 2.37. The van der Waals surface area contributed by atoms with Gasteiger partial charge in [-0.2, -0.15) is 13.2 Å². The molecule has 0 aliphatic carbocycles. The molecule has 3 rings (SSSR count). The summed E-state index contributed by atoms with van der Waals surface area (Å²) in [4.78, 5) is 18.5. The van der Waals surface area contributed by atoms with Gasteiger partial charge in [0.05, 0.1) is 5.56 Å². The fourth-order valence-corrected chi connectivity index (χ4v) is 3.70. The highest BCUT2D eigenvalue weighted by molar-refractivity contribution is 8.00. The van der Waals surface area contributed by atoms with Gasteiger partial charge in [0.15, 0.2) is 0 Å². The molecule has 1 aliphatic heterocycles. The van der Waals surface area contributed by atoms with Crippen LogP contribution >= 0.6 is 11.8 Å². The molecule has 8 heteroatoms. The van der Waals surface area contributed by atoms with Gasteiger partial charge in [0, 0.05) is 43.6 Å². The van der Waals surface area contributed by atoms with Crippen LogP contribution in [-0.2, 0) is 6.54 Å². The first-order valence-corrected chi connectivity index (χ1v) is 9.50. The average molecular weight is 395 g/mol. The predicted octanol–water partition coefficient (Wildman–Crippen LogP) is 4.09. The molecule has 1 amide bonds. The Kier molecular flexibility index (Phi) is 6.38.